The van der Waals surface area contributed by atoms with Crippen molar-refractivity contribution in [3.05, 3.63) is 276 Å². The summed E-state index contributed by atoms with van der Waals surface area (Å²) < 4.78 is 14.1. The van der Waals surface area contributed by atoms with Crippen LogP contribution < -0.4 is 9.47 Å². The average molecular weight is 866 g/mol. The highest BCUT2D eigenvalue weighted by Crippen LogP contribution is 2.62. The van der Waals surface area contributed by atoms with Crippen LogP contribution in [-0.2, 0) is 12.0 Å². The van der Waals surface area contributed by atoms with Gasteiger partial charge >= 0.3 is 0 Å². The molecule has 0 saturated heterocycles. The van der Waals surface area contributed by atoms with Gasteiger partial charge in [-0.2, -0.15) is 0 Å². The van der Waals surface area contributed by atoms with Gasteiger partial charge < -0.3 is 9.47 Å². The third-order valence-corrected chi connectivity index (χ3v) is 12.3. The predicted octanol–water partition coefficient (Wildman–Crippen LogP) is 15.6. The fraction of sp³-hybridized carbons (Fsp3) is 0.0484. The van der Waals surface area contributed by atoms with E-state index in [4.69, 9.17) is 19.5 Å². The first-order valence-electron chi connectivity index (χ1n) is 22.5. The molecule has 0 radical (unpaired) electrons. The minimum atomic E-state index is -0.561. The Morgan fingerprint density at radius 1 is 0.493 bits per heavy atom. The van der Waals surface area contributed by atoms with Gasteiger partial charge in [0.25, 0.3) is 0 Å². The van der Waals surface area contributed by atoms with E-state index in [0.717, 1.165) is 55.6 Å². The standard InChI is InChI=1S/C59H41N3O2.C3H6/c1-60-58(62-57(41-23-8-3-9-24-41)61-39-42-25-14-15-30-45(42)40-21-6-2-7-22-40)48-32-17-16-31-46(48)47-34-20-36-52-55(47)63-53-38-37-51-54(56(53)64-52)49-33-18-19-35-50(49)59(51,43-26-10-4-11-27-43)44-28-12-5-13-29-44;1-3-2/h2-38H,1,39H2;3H,1H2,2H3. The molecule has 9 aromatic rings. The Morgan fingerprint density at radius 2 is 1.03 bits per heavy atom. The lowest BCUT2D eigenvalue weighted by atomic mass is 9.68. The van der Waals surface area contributed by atoms with Gasteiger partial charge in [-0.3, -0.25) is 4.99 Å². The van der Waals surface area contributed by atoms with Crippen LogP contribution in [0.25, 0.3) is 33.4 Å². The Labute approximate surface area is 392 Å². The van der Waals surface area contributed by atoms with Gasteiger partial charge in [-0.15, -0.1) is 6.58 Å². The van der Waals surface area contributed by atoms with Gasteiger partial charge in [-0.25, -0.2) is 9.98 Å². The highest BCUT2D eigenvalue weighted by atomic mass is 16.6. The van der Waals surface area contributed by atoms with Crippen LogP contribution in [0.2, 0.25) is 0 Å². The zero-order valence-corrected chi connectivity index (χ0v) is 37.2. The number of rotatable bonds is 8. The van der Waals surface area contributed by atoms with Crippen LogP contribution in [0.15, 0.2) is 252 Å². The van der Waals surface area contributed by atoms with Crippen molar-refractivity contribution >= 4 is 18.4 Å². The molecular weight excluding hydrogens is 819 g/mol. The summed E-state index contributed by atoms with van der Waals surface area (Å²) in [6.07, 6.45) is 1.75. The zero-order chi connectivity index (χ0) is 45.6. The van der Waals surface area contributed by atoms with Crippen molar-refractivity contribution in [1.29, 1.82) is 0 Å². The molecule has 67 heavy (non-hydrogen) atoms. The SMILES string of the molecule is C=CC.C=NC(=NC(=NCc1ccccc1-c1ccccc1)c1ccccc1)c1ccccc1-c1cccc2c1Oc1ccc3c(c1O2)-c1ccccc1C3(c1ccccc1)c1ccccc1. The number of nitrogens with zero attached hydrogens (tertiary/aromatic N) is 3. The molecule has 0 amide bonds. The minimum Gasteiger partial charge on any atom is -0.449 e. The lowest BCUT2D eigenvalue weighted by molar-refractivity contribution is 0.361. The number of benzene rings is 9. The first-order valence-corrected chi connectivity index (χ1v) is 22.5. The van der Waals surface area contributed by atoms with Gasteiger partial charge in [0.15, 0.2) is 34.7 Å². The number of hydrogen-bond acceptors (Lipinski definition) is 3. The van der Waals surface area contributed by atoms with E-state index >= 15 is 0 Å². The van der Waals surface area contributed by atoms with E-state index in [1.807, 2.05) is 73.7 Å². The Balaban J connectivity index is 0.00000171. The maximum absolute atomic E-state index is 7.06. The quantitative estimate of drug-likeness (QED) is 0.0868. The van der Waals surface area contributed by atoms with Gasteiger partial charge in [-0.05, 0) is 75.8 Å². The number of fused-ring (bicyclic) bond motifs is 6. The number of ether oxygens (including phenoxy) is 2. The molecule has 0 fully saturated rings. The summed E-state index contributed by atoms with van der Waals surface area (Å²) in [6, 6.07) is 77.4. The molecule has 0 aromatic heterocycles. The number of amidine groups is 2. The topological polar surface area (TPSA) is 55.5 Å². The summed E-state index contributed by atoms with van der Waals surface area (Å²) in [6.45, 7) is 9.70. The van der Waals surface area contributed by atoms with Crippen molar-refractivity contribution in [2.24, 2.45) is 15.0 Å². The normalized spacial score (nSPS) is 13.0. The Hall–Kier alpha value is -8.67. The van der Waals surface area contributed by atoms with E-state index in [-0.39, 0.29) is 0 Å². The highest BCUT2D eigenvalue weighted by molar-refractivity contribution is 6.15. The highest BCUT2D eigenvalue weighted by Gasteiger charge is 2.48. The molecule has 5 nitrogen and oxygen atoms in total. The maximum Gasteiger partial charge on any atom is 0.178 e. The predicted molar refractivity (Wildman–Crippen MR) is 276 cm³/mol. The molecule has 0 bridgehead atoms. The van der Waals surface area contributed by atoms with Crippen LogP contribution in [0.4, 0.5) is 0 Å². The first kappa shape index (κ1) is 42.3. The van der Waals surface area contributed by atoms with Crippen molar-refractivity contribution in [3.8, 4) is 56.4 Å². The fourth-order valence-corrected chi connectivity index (χ4v) is 9.49. The van der Waals surface area contributed by atoms with Crippen LogP contribution in [-0.4, -0.2) is 18.4 Å². The molecule has 1 aliphatic carbocycles. The van der Waals surface area contributed by atoms with Crippen LogP contribution in [0.1, 0.15) is 45.9 Å². The van der Waals surface area contributed by atoms with Crippen LogP contribution in [0, 0.1) is 0 Å². The monoisotopic (exact) mass is 865 g/mol. The molecule has 0 saturated carbocycles. The van der Waals surface area contributed by atoms with Gasteiger partial charge in [0.05, 0.1) is 12.0 Å². The van der Waals surface area contributed by atoms with E-state index in [9.17, 15) is 0 Å². The summed E-state index contributed by atoms with van der Waals surface area (Å²) in [5, 5.41) is 0. The number of hydrogen-bond donors (Lipinski definition) is 0. The van der Waals surface area contributed by atoms with E-state index in [2.05, 4.69) is 176 Å². The summed E-state index contributed by atoms with van der Waals surface area (Å²) in [5.41, 5.74) is 13.1. The van der Waals surface area contributed by atoms with Crippen molar-refractivity contribution in [2.45, 2.75) is 18.9 Å². The molecule has 0 atom stereocenters. The maximum atomic E-state index is 7.06. The van der Waals surface area contributed by atoms with Crippen molar-refractivity contribution in [1.82, 2.24) is 0 Å². The molecular formula is C62H47N3O2. The second-order valence-corrected chi connectivity index (χ2v) is 16.3. The van der Waals surface area contributed by atoms with E-state index in [0.29, 0.717) is 41.2 Å². The number of aliphatic imine (C=N–C) groups is 3. The summed E-state index contributed by atoms with van der Waals surface area (Å²) in [5.74, 6) is 3.58. The molecule has 9 aromatic carbocycles. The van der Waals surface area contributed by atoms with E-state index in [1.165, 1.54) is 16.7 Å². The Kier molecular flexibility index (Phi) is 11.9. The molecule has 5 heteroatoms. The molecule has 0 unspecified atom stereocenters. The van der Waals surface area contributed by atoms with Crippen molar-refractivity contribution in [2.75, 3.05) is 0 Å². The fourth-order valence-electron chi connectivity index (χ4n) is 9.49. The molecule has 322 valence electrons. The van der Waals surface area contributed by atoms with E-state index < -0.39 is 5.41 Å². The molecule has 11 rings (SSSR count). The van der Waals surface area contributed by atoms with Gasteiger partial charge in [0.2, 0.25) is 0 Å². The Bertz CT molecular complexity index is 3270. The van der Waals surface area contributed by atoms with Gasteiger partial charge in [0.1, 0.15) is 0 Å². The summed E-state index contributed by atoms with van der Waals surface area (Å²) >= 11 is 0. The van der Waals surface area contributed by atoms with Crippen molar-refractivity contribution in [3.63, 3.8) is 0 Å². The third-order valence-electron chi connectivity index (χ3n) is 12.3. The smallest absolute Gasteiger partial charge is 0.178 e. The summed E-state index contributed by atoms with van der Waals surface area (Å²) in [4.78, 5) is 14.9. The average Bonchev–Trinajstić information content (AvgIpc) is 3.71. The van der Waals surface area contributed by atoms with Crippen molar-refractivity contribution < 1.29 is 9.47 Å². The zero-order valence-electron chi connectivity index (χ0n) is 37.2. The molecule has 0 spiro atoms. The van der Waals surface area contributed by atoms with Gasteiger partial charge in [-0.1, -0.05) is 218 Å². The van der Waals surface area contributed by atoms with Crippen LogP contribution in [0.5, 0.6) is 23.0 Å². The lowest BCUT2D eigenvalue weighted by Gasteiger charge is -2.34. The van der Waals surface area contributed by atoms with Gasteiger partial charge in [0, 0.05) is 22.3 Å². The molecule has 2 aliphatic rings. The number of allylic oxidation sites excluding steroid dienone is 1. The summed E-state index contributed by atoms with van der Waals surface area (Å²) in [7, 11) is 0. The molecule has 1 heterocycles. The first-order chi connectivity index (χ1) is 33.1. The largest absolute Gasteiger partial charge is 0.449 e. The van der Waals surface area contributed by atoms with Crippen LogP contribution in [0.3, 0.4) is 0 Å². The lowest BCUT2D eigenvalue weighted by Crippen LogP contribution is -2.28. The molecule has 0 N–H and O–H groups in total. The van der Waals surface area contributed by atoms with E-state index in [1.54, 1.807) is 6.08 Å². The Morgan fingerprint density at radius 3 is 1.72 bits per heavy atom. The third kappa shape index (κ3) is 7.77. The van der Waals surface area contributed by atoms with Crippen LogP contribution >= 0.6 is 0 Å². The molecule has 1 aliphatic heterocycles. The second kappa shape index (κ2) is 18.8. The second-order valence-electron chi connectivity index (χ2n) is 16.3. The number of para-hydroxylation sites is 1. The minimum absolute atomic E-state index is 0.424.